The number of H-pyrrole nitrogens is 1. The number of fused-ring (bicyclic) bond motifs is 3. The number of benzene rings is 3. The number of nitrogens with zero attached hydrogens (tertiary/aromatic N) is 3. The lowest BCUT2D eigenvalue weighted by Gasteiger charge is -2.08. The Morgan fingerprint density at radius 1 is 0.971 bits per heavy atom. The summed E-state index contributed by atoms with van der Waals surface area (Å²) in [6.07, 6.45) is 1.86. The number of ether oxygens (including phenoxy) is 1. The largest absolute Gasteiger partial charge is 0.489 e. The Labute approximate surface area is 196 Å². The maximum absolute atomic E-state index is 13.0. The fourth-order valence-corrected chi connectivity index (χ4v) is 4.02. The van der Waals surface area contributed by atoms with E-state index in [0.29, 0.717) is 24.1 Å². The Hall–Kier alpha value is -4.26. The molecule has 0 amide bonds. The molecule has 2 aromatic heterocycles. The molecule has 170 valence electrons. The number of hydrogen-bond donors (Lipinski definition) is 1. The lowest BCUT2D eigenvalue weighted by atomic mass is 10.0. The number of carbonyl (C=O) groups is 1. The topological polar surface area (TPSA) is 89.4 Å². The van der Waals surface area contributed by atoms with Crippen LogP contribution in [-0.4, -0.2) is 25.4 Å². The molecule has 0 fully saturated rings. The SMILES string of the molecule is CCCc1nnc2c(=O)[nH]c3cc(C(=O)Cc4ccc(OCc5ccccc5)cc4)ccc3n12. The van der Waals surface area contributed by atoms with Crippen LogP contribution in [0.4, 0.5) is 0 Å². The van der Waals surface area contributed by atoms with Gasteiger partial charge >= 0.3 is 0 Å². The molecule has 1 N–H and O–H groups in total. The van der Waals surface area contributed by atoms with Gasteiger partial charge in [0.1, 0.15) is 18.2 Å². The first-order chi connectivity index (χ1) is 16.6. The van der Waals surface area contributed by atoms with E-state index < -0.39 is 0 Å². The highest BCUT2D eigenvalue weighted by atomic mass is 16.5. The predicted molar refractivity (Wildman–Crippen MR) is 130 cm³/mol. The molecule has 0 aliphatic heterocycles. The van der Waals surface area contributed by atoms with E-state index in [2.05, 4.69) is 22.1 Å². The Morgan fingerprint density at radius 2 is 1.76 bits per heavy atom. The monoisotopic (exact) mass is 452 g/mol. The number of ketones is 1. The average molecular weight is 453 g/mol. The van der Waals surface area contributed by atoms with E-state index >= 15 is 0 Å². The fourth-order valence-electron chi connectivity index (χ4n) is 4.02. The van der Waals surface area contributed by atoms with E-state index in [4.69, 9.17) is 4.74 Å². The summed E-state index contributed by atoms with van der Waals surface area (Å²) in [7, 11) is 0. The first-order valence-electron chi connectivity index (χ1n) is 11.3. The number of aromatic amines is 1. The van der Waals surface area contributed by atoms with Crippen molar-refractivity contribution in [1.29, 1.82) is 0 Å². The number of rotatable bonds is 8. The highest BCUT2D eigenvalue weighted by Crippen LogP contribution is 2.19. The van der Waals surface area contributed by atoms with Gasteiger partial charge in [-0.15, -0.1) is 10.2 Å². The van der Waals surface area contributed by atoms with Gasteiger partial charge in [-0.3, -0.25) is 14.0 Å². The zero-order valence-electron chi connectivity index (χ0n) is 18.8. The van der Waals surface area contributed by atoms with Crippen molar-refractivity contribution >= 4 is 22.5 Å². The maximum Gasteiger partial charge on any atom is 0.294 e. The quantitative estimate of drug-likeness (QED) is 0.350. The molecule has 0 unspecified atom stereocenters. The molecule has 5 rings (SSSR count). The Kier molecular flexibility index (Phi) is 5.91. The molecule has 0 saturated heterocycles. The van der Waals surface area contributed by atoms with Crippen LogP contribution < -0.4 is 10.3 Å². The van der Waals surface area contributed by atoms with Crippen molar-refractivity contribution in [1.82, 2.24) is 19.6 Å². The molecule has 3 aromatic carbocycles. The van der Waals surface area contributed by atoms with Gasteiger partial charge in [0.15, 0.2) is 5.78 Å². The van der Waals surface area contributed by atoms with E-state index in [0.717, 1.165) is 34.6 Å². The van der Waals surface area contributed by atoms with Crippen molar-refractivity contribution < 1.29 is 9.53 Å². The standard InChI is InChI=1S/C27H24N4O3/c1-2-6-25-29-30-26-27(33)28-22-16-20(11-14-23(22)31(25)26)24(32)15-18-9-12-21(13-10-18)34-17-19-7-4-3-5-8-19/h3-5,7-14,16H,2,6,15,17H2,1H3,(H,28,33). The first-order valence-corrected chi connectivity index (χ1v) is 11.3. The van der Waals surface area contributed by atoms with Gasteiger partial charge in [0.05, 0.1) is 11.0 Å². The van der Waals surface area contributed by atoms with Crippen LogP contribution in [0.5, 0.6) is 5.75 Å². The van der Waals surface area contributed by atoms with E-state index in [1.807, 2.05) is 60.7 Å². The van der Waals surface area contributed by atoms with Gasteiger partial charge in [-0.05, 0) is 47.9 Å². The molecule has 7 nitrogen and oxygen atoms in total. The zero-order chi connectivity index (χ0) is 23.5. The number of aromatic nitrogens is 4. The van der Waals surface area contributed by atoms with E-state index in [-0.39, 0.29) is 23.4 Å². The Balaban J connectivity index is 1.33. The van der Waals surface area contributed by atoms with Gasteiger partial charge in [0.2, 0.25) is 5.65 Å². The van der Waals surface area contributed by atoms with Gasteiger partial charge in [-0.25, -0.2) is 0 Å². The normalized spacial score (nSPS) is 11.2. The zero-order valence-corrected chi connectivity index (χ0v) is 18.8. The minimum absolute atomic E-state index is 0.0293. The first kappa shape index (κ1) is 21.6. The summed E-state index contributed by atoms with van der Waals surface area (Å²) in [5.41, 5.74) is 3.84. The molecule has 34 heavy (non-hydrogen) atoms. The van der Waals surface area contributed by atoms with E-state index in [1.165, 1.54) is 0 Å². The van der Waals surface area contributed by atoms with Gasteiger partial charge in [0, 0.05) is 18.4 Å². The molecule has 5 aromatic rings. The van der Waals surface area contributed by atoms with Gasteiger partial charge in [0.25, 0.3) is 5.56 Å². The molecular weight excluding hydrogens is 428 g/mol. The van der Waals surface area contributed by atoms with Crippen molar-refractivity contribution in [2.24, 2.45) is 0 Å². The van der Waals surface area contributed by atoms with Gasteiger partial charge in [-0.1, -0.05) is 49.4 Å². The van der Waals surface area contributed by atoms with E-state index in [1.54, 1.807) is 16.5 Å². The molecule has 7 heteroatoms. The second-order valence-corrected chi connectivity index (χ2v) is 8.23. The Morgan fingerprint density at radius 3 is 2.53 bits per heavy atom. The third-order valence-electron chi connectivity index (χ3n) is 5.75. The van der Waals surface area contributed by atoms with Crippen LogP contribution in [0.3, 0.4) is 0 Å². The third kappa shape index (κ3) is 4.32. The van der Waals surface area contributed by atoms with Crippen LogP contribution in [0, 0.1) is 0 Å². The van der Waals surface area contributed by atoms with Crippen LogP contribution in [0.1, 0.15) is 40.7 Å². The highest BCUT2D eigenvalue weighted by molar-refractivity contribution is 6.00. The predicted octanol–water partition coefficient (Wildman–Crippen LogP) is 4.53. The smallest absolute Gasteiger partial charge is 0.294 e. The summed E-state index contributed by atoms with van der Waals surface area (Å²) in [4.78, 5) is 28.3. The molecule has 0 radical (unpaired) electrons. The number of nitrogens with one attached hydrogen (secondary N) is 1. The van der Waals surface area contributed by atoms with Gasteiger partial charge < -0.3 is 9.72 Å². The van der Waals surface area contributed by atoms with Gasteiger partial charge in [-0.2, -0.15) is 0 Å². The van der Waals surface area contributed by atoms with Crippen LogP contribution in [-0.2, 0) is 19.4 Å². The molecule has 0 atom stereocenters. The summed E-state index contributed by atoms with van der Waals surface area (Å²) in [6, 6.07) is 22.9. The third-order valence-corrected chi connectivity index (χ3v) is 5.75. The van der Waals surface area contributed by atoms with Crippen molar-refractivity contribution in [3.63, 3.8) is 0 Å². The van der Waals surface area contributed by atoms with Crippen molar-refractivity contribution in [3.05, 3.63) is 106 Å². The molecule has 2 heterocycles. The summed E-state index contributed by atoms with van der Waals surface area (Å²) in [5.74, 6) is 1.46. The summed E-state index contributed by atoms with van der Waals surface area (Å²) in [5, 5.41) is 8.19. The van der Waals surface area contributed by atoms with Crippen LogP contribution in [0.15, 0.2) is 77.6 Å². The second-order valence-electron chi connectivity index (χ2n) is 8.23. The lowest BCUT2D eigenvalue weighted by Crippen LogP contribution is -2.13. The maximum atomic E-state index is 13.0. The summed E-state index contributed by atoms with van der Waals surface area (Å²) >= 11 is 0. The van der Waals surface area contributed by atoms with Crippen LogP contribution in [0.2, 0.25) is 0 Å². The molecule has 0 saturated carbocycles. The van der Waals surface area contributed by atoms with Crippen molar-refractivity contribution in [2.75, 3.05) is 0 Å². The lowest BCUT2D eigenvalue weighted by molar-refractivity contribution is 0.0993. The Bertz CT molecular complexity index is 1520. The molecule has 0 bridgehead atoms. The van der Waals surface area contributed by atoms with Crippen LogP contribution >= 0.6 is 0 Å². The summed E-state index contributed by atoms with van der Waals surface area (Å²) in [6.45, 7) is 2.54. The minimum atomic E-state index is -0.321. The number of hydrogen-bond acceptors (Lipinski definition) is 5. The summed E-state index contributed by atoms with van der Waals surface area (Å²) < 4.78 is 7.60. The molecular formula is C27H24N4O3. The second kappa shape index (κ2) is 9.31. The minimum Gasteiger partial charge on any atom is -0.489 e. The highest BCUT2D eigenvalue weighted by Gasteiger charge is 2.14. The number of aryl methyl sites for hydroxylation is 1. The number of carbonyl (C=O) groups excluding carboxylic acids is 1. The molecule has 0 aliphatic rings. The average Bonchev–Trinajstić information content (AvgIpc) is 3.29. The number of Topliss-reactive ketones (excluding diaryl/α,β-unsaturated/α-hetero) is 1. The van der Waals surface area contributed by atoms with Crippen LogP contribution in [0.25, 0.3) is 16.7 Å². The van der Waals surface area contributed by atoms with Crippen molar-refractivity contribution in [2.45, 2.75) is 32.8 Å². The van der Waals surface area contributed by atoms with E-state index in [9.17, 15) is 9.59 Å². The molecule has 0 spiro atoms. The fraction of sp³-hybridized carbons (Fsp3) is 0.185. The van der Waals surface area contributed by atoms with Crippen molar-refractivity contribution in [3.8, 4) is 5.75 Å². The molecule has 0 aliphatic carbocycles.